The van der Waals surface area contributed by atoms with Gasteiger partial charge in [-0.15, -0.1) is 10.2 Å². The van der Waals surface area contributed by atoms with E-state index in [9.17, 15) is 0 Å². The van der Waals surface area contributed by atoms with Crippen molar-refractivity contribution in [2.45, 2.75) is 39.2 Å². The lowest BCUT2D eigenvalue weighted by Crippen LogP contribution is -2.36. The van der Waals surface area contributed by atoms with Crippen molar-refractivity contribution in [3.05, 3.63) is 22.7 Å². The standard InChI is InChI=1S/C13H19N3OS/c1-13(2,3)14-7-4-5-11-15-16-12(17-11)10-6-8-18-9-10/h6,8-9,14H,4-5,7H2,1-3H3. The Balaban J connectivity index is 1.81. The van der Waals surface area contributed by atoms with Crippen LogP contribution in [0.15, 0.2) is 21.2 Å². The first-order valence-electron chi connectivity index (χ1n) is 6.14. The molecule has 2 aromatic heterocycles. The third kappa shape index (κ3) is 3.92. The van der Waals surface area contributed by atoms with Gasteiger partial charge in [0.05, 0.1) is 0 Å². The predicted octanol–water partition coefficient (Wildman–Crippen LogP) is 3.12. The van der Waals surface area contributed by atoms with Gasteiger partial charge >= 0.3 is 0 Å². The fourth-order valence-corrected chi connectivity index (χ4v) is 2.19. The van der Waals surface area contributed by atoms with Crippen LogP contribution >= 0.6 is 11.3 Å². The molecule has 0 saturated carbocycles. The van der Waals surface area contributed by atoms with Gasteiger partial charge in [-0.05, 0) is 45.2 Å². The van der Waals surface area contributed by atoms with Crippen LogP contribution in [-0.4, -0.2) is 22.3 Å². The summed E-state index contributed by atoms with van der Waals surface area (Å²) in [6, 6.07) is 1.99. The number of hydrogen-bond donors (Lipinski definition) is 1. The molecule has 0 fully saturated rings. The fourth-order valence-electron chi connectivity index (χ4n) is 1.56. The third-order valence-electron chi connectivity index (χ3n) is 2.46. The van der Waals surface area contributed by atoms with Crippen molar-refractivity contribution in [1.82, 2.24) is 15.5 Å². The molecule has 0 saturated heterocycles. The van der Waals surface area contributed by atoms with Crippen molar-refractivity contribution < 1.29 is 4.42 Å². The normalized spacial score (nSPS) is 11.9. The molecule has 0 aliphatic carbocycles. The lowest BCUT2D eigenvalue weighted by atomic mass is 10.1. The Morgan fingerprint density at radius 3 is 2.83 bits per heavy atom. The van der Waals surface area contributed by atoms with Gasteiger partial charge in [-0.1, -0.05) is 0 Å². The van der Waals surface area contributed by atoms with Gasteiger partial charge in [0.1, 0.15) is 0 Å². The fraction of sp³-hybridized carbons (Fsp3) is 0.538. The predicted molar refractivity (Wildman–Crippen MR) is 73.7 cm³/mol. The number of nitrogens with one attached hydrogen (secondary N) is 1. The summed E-state index contributed by atoms with van der Waals surface area (Å²) in [5.74, 6) is 1.34. The summed E-state index contributed by atoms with van der Waals surface area (Å²) in [4.78, 5) is 0. The summed E-state index contributed by atoms with van der Waals surface area (Å²) >= 11 is 1.63. The van der Waals surface area contributed by atoms with Crippen molar-refractivity contribution in [2.75, 3.05) is 6.54 Å². The second-order valence-electron chi connectivity index (χ2n) is 5.29. The molecule has 98 valence electrons. The van der Waals surface area contributed by atoms with Crippen LogP contribution in [0.25, 0.3) is 11.5 Å². The van der Waals surface area contributed by atoms with E-state index < -0.39 is 0 Å². The summed E-state index contributed by atoms with van der Waals surface area (Å²) in [5.41, 5.74) is 1.17. The maximum Gasteiger partial charge on any atom is 0.248 e. The second kappa shape index (κ2) is 5.63. The second-order valence-corrected chi connectivity index (χ2v) is 6.07. The molecular formula is C13H19N3OS. The van der Waals surface area contributed by atoms with Gasteiger partial charge in [0, 0.05) is 22.9 Å². The Morgan fingerprint density at radius 2 is 2.17 bits per heavy atom. The van der Waals surface area contributed by atoms with E-state index in [-0.39, 0.29) is 5.54 Å². The molecule has 2 aromatic rings. The van der Waals surface area contributed by atoms with Gasteiger partial charge in [0.25, 0.3) is 0 Å². The minimum Gasteiger partial charge on any atom is -0.421 e. The highest BCUT2D eigenvalue weighted by Crippen LogP contribution is 2.20. The Hall–Kier alpha value is -1.20. The Kier molecular flexibility index (Phi) is 4.14. The van der Waals surface area contributed by atoms with Crippen LogP contribution in [-0.2, 0) is 6.42 Å². The summed E-state index contributed by atoms with van der Waals surface area (Å²) in [5, 5.41) is 15.6. The third-order valence-corrected chi connectivity index (χ3v) is 3.14. The molecule has 0 aromatic carbocycles. The largest absolute Gasteiger partial charge is 0.421 e. The monoisotopic (exact) mass is 265 g/mol. The van der Waals surface area contributed by atoms with E-state index in [4.69, 9.17) is 4.42 Å². The van der Waals surface area contributed by atoms with Crippen LogP contribution in [0.1, 0.15) is 33.1 Å². The molecule has 0 bridgehead atoms. The SMILES string of the molecule is CC(C)(C)NCCCc1nnc(-c2ccsc2)o1. The molecule has 0 atom stereocenters. The zero-order chi connectivity index (χ0) is 13.0. The number of aromatic nitrogens is 2. The van der Waals surface area contributed by atoms with Gasteiger partial charge in [0.2, 0.25) is 11.8 Å². The lowest BCUT2D eigenvalue weighted by molar-refractivity contribution is 0.413. The van der Waals surface area contributed by atoms with Crippen LogP contribution in [0.4, 0.5) is 0 Å². The molecule has 0 aliphatic rings. The Labute approximate surface area is 111 Å². The number of hydrogen-bond acceptors (Lipinski definition) is 5. The Morgan fingerprint density at radius 1 is 1.33 bits per heavy atom. The molecule has 2 heterocycles. The number of nitrogens with zero attached hydrogens (tertiary/aromatic N) is 2. The molecule has 0 amide bonds. The topological polar surface area (TPSA) is 51.0 Å². The van der Waals surface area contributed by atoms with Crippen LogP contribution < -0.4 is 5.32 Å². The number of aryl methyl sites for hydroxylation is 1. The van der Waals surface area contributed by atoms with E-state index in [0.717, 1.165) is 24.9 Å². The van der Waals surface area contributed by atoms with Crippen molar-refractivity contribution in [3.8, 4) is 11.5 Å². The maximum absolute atomic E-state index is 5.62. The highest BCUT2D eigenvalue weighted by atomic mass is 32.1. The quantitative estimate of drug-likeness (QED) is 0.844. The van der Waals surface area contributed by atoms with Gasteiger partial charge < -0.3 is 9.73 Å². The summed E-state index contributed by atoms with van der Waals surface area (Å²) in [6.07, 6.45) is 1.82. The van der Waals surface area contributed by atoms with Gasteiger partial charge in [0.15, 0.2) is 0 Å². The molecule has 0 radical (unpaired) electrons. The van der Waals surface area contributed by atoms with Crippen molar-refractivity contribution >= 4 is 11.3 Å². The van der Waals surface area contributed by atoms with E-state index in [1.165, 1.54) is 0 Å². The van der Waals surface area contributed by atoms with E-state index in [1.807, 2.05) is 16.8 Å². The maximum atomic E-state index is 5.62. The van der Waals surface area contributed by atoms with Crippen molar-refractivity contribution in [1.29, 1.82) is 0 Å². The van der Waals surface area contributed by atoms with Crippen LogP contribution in [0.2, 0.25) is 0 Å². The smallest absolute Gasteiger partial charge is 0.248 e. The average molecular weight is 265 g/mol. The van der Waals surface area contributed by atoms with E-state index >= 15 is 0 Å². The Bertz CT molecular complexity index is 471. The summed E-state index contributed by atoms with van der Waals surface area (Å²) in [7, 11) is 0. The molecule has 5 heteroatoms. The van der Waals surface area contributed by atoms with Gasteiger partial charge in [-0.2, -0.15) is 11.3 Å². The molecule has 18 heavy (non-hydrogen) atoms. The van der Waals surface area contributed by atoms with E-state index in [1.54, 1.807) is 11.3 Å². The molecule has 4 nitrogen and oxygen atoms in total. The minimum absolute atomic E-state index is 0.163. The number of thiophene rings is 1. The molecule has 0 unspecified atom stereocenters. The molecule has 0 aliphatic heterocycles. The molecular weight excluding hydrogens is 246 g/mol. The first kappa shape index (κ1) is 13.2. The molecule has 0 spiro atoms. The first-order chi connectivity index (χ1) is 8.54. The van der Waals surface area contributed by atoms with Crippen molar-refractivity contribution in [2.24, 2.45) is 0 Å². The van der Waals surface area contributed by atoms with Gasteiger partial charge in [-0.3, -0.25) is 0 Å². The van der Waals surface area contributed by atoms with E-state index in [2.05, 4.69) is 36.3 Å². The number of rotatable bonds is 5. The van der Waals surface area contributed by atoms with Crippen LogP contribution in [0.3, 0.4) is 0 Å². The van der Waals surface area contributed by atoms with E-state index in [0.29, 0.717) is 11.8 Å². The zero-order valence-electron chi connectivity index (χ0n) is 11.1. The summed E-state index contributed by atoms with van der Waals surface area (Å²) < 4.78 is 5.62. The van der Waals surface area contributed by atoms with Gasteiger partial charge in [-0.25, -0.2) is 0 Å². The first-order valence-corrected chi connectivity index (χ1v) is 7.09. The average Bonchev–Trinajstić information content (AvgIpc) is 2.93. The van der Waals surface area contributed by atoms with Crippen LogP contribution in [0, 0.1) is 0 Å². The minimum atomic E-state index is 0.163. The van der Waals surface area contributed by atoms with Crippen LogP contribution in [0.5, 0.6) is 0 Å². The molecule has 2 rings (SSSR count). The highest BCUT2D eigenvalue weighted by molar-refractivity contribution is 7.08. The lowest BCUT2D eigenvalue weighted by Gasteiger charge is -2.19. The zero-order valence-corrected chi connectivity index (χ0v) is 11.9. The van der Waals surface area contributed by atoms with Crippen molar-refractivity contribution in [3.63, 3.8) is 0 Å². The highest BCUT2D eigenvalue weighted by Gasteiger charge is 2.10. The molecule has 1 N–H and O–H groups in total. The summed E-state index contributed by atoms with van der Waals surface area (Å²) in [6.45, 7) is 7.44.